The molecule has 0 aliphatic carbocycles. The van der Waals surface area contributed by atoms with Crippen LogP contribution in [0.5, 0.6) is 5.75 Å². The zero-order chi connectivity index (χ0) is 13.5. The summed E-state index contributed by atoms with van der Waals surface area (Å²) >= 11 is 0. The zero-order valence-electron chi connectivity index (χ0n) is 11.1. The van der Waals surface area contributed by atoms with Crippen molar-refractivity contribution in [2.24, 2.45) is 0 Å². The second kappa shape index (κ2) is 6.89. The molecule has 0 fully saturated rings. The van der Waals surface area contributed by atoms with Crippen LogP contribution in [-0.2, 0) is 4.79 Å². The van der Waals surface area contributed by atoms with Crippen LogP contribution in [0, 0.1) is 0 Å². The van der Waals surface area contributed by atoms with Gasteiger partial charge in [0.1, 0.15) is 5.75 Å². The molecular formula is C14H21NO3. The fourth-order valence-corrected chi connectivity index (χ4v) is 1.62. The fourth-order valence-electron chi connectivity index (χ4n) is 1.62. The van der Waals surface area contributed by atoms with Gasteiger partial charge in [-0.1, -0.05) is 12.1 Å². The molecule has 4 nitrogen and oxygen atoms in total. The van der Waals surface area contributed by atoms with Crippen molar-refractivity contribution < 1.29 is 14.6 Å². The number of hydrogen-bond donors (Lipinski definition) is 2. The number of carboxylic acids is 1. The molecule has 1 aromatic rings. The number of hydrogen-bond acceptors (Lipinski definition) is 3. The molecule has 0 saturated carbocycles. The Bertz CT molecular complexity index is 390. The maximum absolute atomic E-state index is 10.5. The molecule has 1 aromatic carbocycles. The van der Waals surface area contributed by atoms with Gasteiger partial charge in [-0.3, -0.25) is 4.79 Å². The van der Waals surface area contributed by atoms with Crippen LogP contribution in [0.2, 0.25) is 0 Å². The van der Waals surface area contributed by atoms with Gasteiger partial charge in [-0.2, -0.15) is 0 Å². The molecule has 0 amide bonds. The zero-order valence-corrected chi connectivity index (χ0v) is 11.1. The van der Waals surface area contributed by atoms with Crippen molar-refractivity contribution in [2.75, 3.05) is 5.32 Å². The highest BCUT2D eigenvalue weighted by Crippen LogP contribution is 2.26. The summed E-state index contributed by atoms with van der Waals surface area (Å²) in [7, 11) is 0. The van der Waals surface area contributed by atoms with E-state index in [0.29, 0.717) is 6.42 Å². The van der Waals surface area contributed by atoms with E-state index >= 15 is 0 Å². The summed E-state index contributed by atoms with van der Waals surface area (Å²) in [5, 5.41) is 11.9. The van der Waals surface area contributed by atoms with E-state index in [2.05, 4.69) is 5.32 Å². The number of aliphatic carboxylic acids is 1. The van der Waals surface area contributed by atoms with E-state index in [1.165, 1.54) is 0 Å². The topological polar surface area (TPSA) is 58.6 Å². The summed E-state index contributed by atoms with van der Waals surface area (Å²) in [6.07, 6.45) is 0.870. The number of carbonyl (C=O) groups is 1. The van der Waals surface area contributed by atoms with Gasteiger partial charge in [-0.15, -0.1) is 0 Å². The molecule has 0 aliphatic heterocycles. The molecule has 100 valence electrons. The summed E-state index contributed by atoms with van der Waals surface area (Å²) in [5.41, 5.74) is 0.907. The van der Waals surface area contributed by atoms with Crippen molar-refractivity contribution in [3.8, 4) is 5.75 Å². The minimum atomic E-state index is -0.768. The van der Waals surface area contributed by atoms with E-state index in [9.17, 15) is 4.79 Å². The first kappa shape index (κ1) is 14.4. The summed E-state index contributed by atoms with van der Waals surface area (Å²) < 4.78 is 5.69. The molecule has 1 atom stereocenters. The molecule has 0 saturated heterocycles. The van der Waals surface area contributed by atoms with Crippen molar-refractivity contribution in [1.29, 1.82) is 0 Å². The van der Waals surface area contributed by atoms with Gasteiger partial charge in [-0.05, 0) is 39.3 Å². The average Bonchev–Trinajstić information content (AvgIpc) is 2.28. The molecule has 0 heterocycles. The average molecular weight is 251 g/mol. The normalized spacial score (nSPS) is 12.2. The number of benzene rings is 1. The predicted octanol–water partition coefficient (Wildman–Crippen LogP) is 3.14. The molecule has 18 heavy (non-hydrogen) atoms. The molecule has 1 unspecified atom stereocenters. The van der Waals surface area contributed by atoms with E-state index in [-0.39, 0.29) is 18.6 Å². The molecule has 4 heteroatoms. The van der Waals surface area contributed by atoms with Gasteiger partial charge in [0, 0.05) is 12.5 Å². The number of anilines is 1. The van der Waals surface area contributed by atoms with Gasteiger partial charge in [0.25, 0.3) is 0 Å². The Hall–Kier alpha value is -1.71. The highest BCUT2D eigenvalue weighted by molar-refractivity contribution is 5.66. The monoisotopic (exact) mass is 251 g/mol. The van der Waals surface area contributed by atoms with Crippen molar-refractivity contribution >= 4 is 11.7 Å². The summed E-state index contributed by atoms with van der Waals surface area (Å²) in [5.74, 6) is 0.0324. The van der Waals surface area contributed by atoms with Crippen molar-refractivity contribution in [2.45, 2.75) is 45.8 Å². The lowest BCUT2D eigenvalue weighted by atomic mass is 10.1. The number of rotatable bonds is 7. The van der Waals surface area contributed by atoms with E-state index < -0.39 is 5.97 Å². The first-order chi connectivity index (χ1) is 8.49. The van der Waals surface area contributed by atoms with Crippen molar-refractivity contribution in [3.05, 3.63) is 24.3 Å². The van der Waals surface area contributed by atoms with E-state index in [0.717, 1.165) is 11.4 Å². The van der Waals surface area contributed by atoms with Gasteiger partial charge in [0.05, 0.1) is 11.8 Å². The molecule has 1 rings (SSSR count). The molecule has 0 spiro atoms. The van der Waals surface area contributed by atoms with Crippen LogP contribution >= 0.6 is 0 Å². The maximum atomic E-state index is 10.5. The van der Waals surface area contributed by atoms with Crippen LogP contribution < -0.4 is 10.1 Å². The van der Waals surface area contributed by atoms with Crippen LogP contribution in [0.1, 0.15) is 33.6 Å². The van der Waals surface area contributed by atoms with Gasteiger partial charge in [0.15, 0.2) is 0 Å². The second-order valence-electron chi connectivity index (χ2n) is 4.64. The summed E-state index contributed by atoms with van der Waals surface area (Å²) in [6, 6.07) is 7.80. The Morgan fingerprint density at radius 2 is 2.00 bits per heavy atom. The second-order valence-corrected chi connectivity index (χ2v) is 4.64. The molecule has 0 aromatic heterocycles. The standard InChI is InChI=1S/C14H21NO3/c1-10(2)18-13-7-5-4-6-12(13)15-11(3)8-9-14(16)17/h4-7,10-11,15H,8-9H2,1-3H3,(H,16,17). The molecule has 2 N–H and O–H groups in total. The first-order valence-corrected chi connectivity index (χ1v) is 6.23. The van der Waals surface area contributed by atoms with E-state index in [4.69, 9.17) is 9.84 Å². The van der Waals surface area contributed by atoms with Gasteiger partial charge in [0.2, 0.25) is 0 Å². The highest BCUT2D eigenvalue weighted by atomic mass is 16.5. The third-order valence-corrected chi connectivity index (χ3v) is 2.44. The lowest BCUT2D eigenvalue weighted by molar-refractivity contribution is -0.137. The number of carboxylic acid groups (broad SMARTS) is 1. The largest absolute Gasteiger partial charge is 0.489 e. The van der Waals surface area contributed by atoms with Gasteiger partial charge < -0.3 is 15.2 Å². The Balaban J connectivity index is 2.62. The SMILES string of the molecule is CC(CCC(=O)O)Nc1ccccc1OC(C)C. The molecule has 0 bridgehead atoms. The minimum Gasteiger partial charge on any atom is -0.489 e. The Morgan fingerprint density at radius 3 is 2.61 bits per heavy atom. The lowest BCUT2D eigenvalue weighted by Crippen LogP contribution is -2.18. The molecule has 0 aliphatic rings. The van der Waals surface area contributed by atoms with Crippen LogP contribution in [0.3, 0.4) is 0 Å². The van der Waals surface area contributed by atoms with Crippen LogP contribution in [0.4, 0.5) is 5.69 Å². The van der Waals surface area contributed by atoms with Crippen LogP contribution in [0.15, 0.2) is 24.3 Å². The lowest BCUT2D eigenvalue weighted by Gasteiger charge is -2.19. The van der Waals surface area contributed by atoms with E-state index in [1.807, 2.05) is 45.0 Å². The van der Waals surface area contributed by atoms with Gasteiger partial charge >= 0.3 is 5.97 Å². The van der Waals surface area contributed by atoms with Crippen molar-refractivity contribution in [1.82, 2.24) is 0 Å². The number of ether oxygens (including phenoxy) is 1. The smallest absolute Gasteiger partial charge is 0.303 e. The minimum absolute atomic E-state index is 0.0954. The third-order valence-electron chi connectivity index (χ3n) is 2.44. The molecular weight excluding hydrogens is 230 g/mol. The fraction of sp³-hybridized carbons (Fsp3) is 0.500. The first-order valence-electron chi connectivity index (χ1n) is 6.23. The van der Waals surface area contributed by atoms with Gasteiger partial charge in [-0.25, -0.2) is 0 Å². The number of nitrogens with one attached hydrogen (secondary N) is 1. The van der Waals surface area contributed by atoms with Crippen LogP contribution in [0.25, 0.3) is 0 Å². The Morgan fingerprint density at radius 1 is 1.33 bits per heavy atom. The Kier molecular flexibility index (Phi) is 5.49. The number of para-hydroxylation sites is 2. The third kappa shape index (κ3) is 5.08. The summed E-state index contributed by atoms with van der Waals surface area (Å²) in [4.78, 5) is 10.5. The summed E-state index contributed by atoms with van der Waals surface area (Å²) in [6.45, 7) is 5.92. The Labute approximate surface area is 108 Å². The predicted molar refractivity (Wildman–Crippen MR) is 72.2 cm³/mol. The van der Waals surface area contributed by atoms with E-state index in [1.54, 1.807) is 0 Å². The van der Waals surface area contributed by atoms with Crippen molar-refractivity contribution in [3.63, 3.8) is 0 Å². The molecule has 0 radical (unpaired) electrons. The van der Waals surface area contributed by atoms with Crippen LogP contribution in [-0.4, -0.2) is 23.2 Å². The quantitative estimate of drug-likeness (QED) is 0.781. The highest BCUT2D eigenvalue weighted by Gasteiger charge is 2.09. The maximum Gasteiger partial charge on any atom is 0.303 e.